The number of nitrogens with two attached hydrogens (primary N) is 1. The minimum absolute atomic E-state index is 0. The van der Waals surface area contributed by atoms with Gasteiger partial charge in [0.1, 0.15) is 35.9 Å². The summed E-state index contributed by atoms with van der Waals surface area (Å²) in [5.74, 6) is 2.13. The second kappa shape index (κ2) is 18.6. The Morgan fingerprint density at radius 1 is 0.953 bits per heavy atom. The van der Waals surface area contributed by atoms with E-state index in [2.05, 4.69) is 40.7 Å². The first-order valence-electron chi connectivity index (χ1n) is 13.4. The molecule has 3 aromatic heterocycles. The van der Waals surface area contributed by atoms with Crippen molar-refractivity contribution >= 4 is 59.4 Å². The highest BCUT2D eigenvalue weighted by Crippen LogP contribution is 2.25. The molecule has 236 valence electrons. The van der Waals surface area contributed by atoms with E-state index in [0.29, 0.717) is 53.8 Å². The number of nitrogens with zero attached hydrogens (tertiary/aromatic N) is 9. The summed E-state index contributed by atoms with van der Waals surface area (Å²) in [5, 5.41) is 9.08. The predicted molar refractivity (Wildman–Crippen MR) is 173 cm³/mol. The molecule has 2 fully saturated rings. The number of aromatic nitrogens is 5. The largest absolute Gasteiger partial charge is 0.378 e. The van der Waals surface area contributed by atoms with Gasteiger partial charge in [-0.1, -0.05) is 23.2 Å². The first-order chi connectivity index (χ1) is 20.3. The molecule has 0 aliphatic carbocycles. The number of rotatable bonds is 7. The fraction of sp³-hybridized carbons (Fsp3) is 0.481. The summed E-state index contributed by atoms with van der Waals surface area (Å²) in [6.45, 7) is 5.96. The van der Waals surface area contributed by atoms with Crippen molar-refractivity contribution in [3.05, 3.63) is 46.3 Å². The van der Waals surface area contributed by atoms with Crippen LogP contribution < -0.4 is 15.5 Å². The van der Waals surface area contributed by atoms with E-state index in [9.17, 15) is 4.79 Å². The van der Waals surface area contributed by atoms with Crippen LogP contribution in [0.15, 0.2) is 35.6 Å². The summed E-state index contributed by atoms with van der Waals surface area (Å²) in [6.07, 6.45) is 3.25. The predicted octanol–water partition coefficient (Wildman–Crippen LogP) is 2.71. The molecule has 5 rings (SSSR count). The molecular formula is C27H39Cl3N10O3. The number of hydrogen-bond acceptors (Lipinski definition) is 11. The van der Waals surface area contributed by atoms with Crippen molar-refractivity contribution in [3.63, 3.8) is 0 Å². The maximum atomic E-state index is 12.1. The van der Waals surface area contributed by atoms with Crippen LogP contribution in [0, 0.1) is 0 Å². The van der Waals surface area contributed by atoms with Gasteiger partial charge in [-0.25, -0.2) is 9.97 Å². The van der Waals surface area contributed by atoms with Gasteiger partial charge in [-0.15, -0.1) is 22.6 Å². The Hall–Kier alpha value is -3.07. The summed E-state index contributed by atoms with van der Waals surface area (Å²) in [5.41, 5.74) is 5.58. The molecule has 0 spiro atoms. The fourth-order valence-electron chi connectivity index (χ4n) is 4.02. The minimum atomic E-state index is -0.148. The van der Waals surface area contributed by atoms with Crippen LogP contribution in [0.2, 0.25) is 10.0 Å². The van der Waals surface area contributed by atoms with Crippen molar-refractivity contribution < 1.29 is 14.3 Å². The first kappa shape index (κ1) is 36.1. The van der Waals surface area contributed by atoms with E-state index in [0.717, 1.165) is 37.7 Å². The van der Waals surface area contributed by atoms with Gasteiger partial charge in [0.2, 0.25) is 5.78 Å². The normalized spacial score (nSPS) is 14.7. The van der Waals surface area contributed by atoms with Crippen molar-refractivity contribution in [3.8, 4) is 11.5 Å². The van der Waals surface area contributed by atoms with E-state index in [1.54, 1.807) is 35.8 Å². The molecule has 0 bridgehead atoms. The molecule has 0 radical (unpaired) electrons. The SMILES string of the molecule is CN.CN(C)C=NCC(=O)c1cc(Cl)cc(N2CCOCC2)n1.Cl.Cn1cnnc1-c1cc(Cl)cc(N2CCOCC2)n1. The zero-order valence-electron chi connectivity index (χ0n) is 24.8. The molecule has 2 saturated heterocycles. The summed E-state index contributed by atoms with van der Waals surface area (Å²) in [6, 6.07) is 7.02. The molecule has 0 amide bonds. The Kier molecular flexibility index (Phi) is 15.6. The number of hydrogen-bond donors (Lipinski definition) is 1. The van der Waals surface area contributed by atoms with Gasteiger partial charge in [-0.3, -0.25) is 9.79 Å². The van der Waals surface area contributed by atoms with Crippen LogP contribution >= 0.6 is 35.6 Å². The van der Waals surface area contributed by atoms with Gasteiger partial charge in [-0.05, 0) is 31.3 Å². The number of halogens is 3. The standard InChI is InChI=1S/C14H19ClN4O2.C12H14ClN5O.CH5N.ClH/c1-18(2)10-16-9-13(20)12-7-11(15)8-14(17-12)19-3-5-21-6-4-19;1-17-8-14-16-12(17)10-6-9(13)7-11(15-10)18-2-4-19-5-3-18;1-2;/h7-8,10H,3-6,9H2,1-2H3;6-8H,2-5H2,1H3;2H2,1H3;1H. The van der Waals surface area contributed by atoms with Crippen molar-refractivity contribution in [2.45, 2.75) is 0 Å². The summed E-state index contributed by atoms with van der Waals surface area (Å²) in [7, 11) is 7.08. The zero-order chi connectivity index (χ0) is 30.5. The lowest BCUT2D eigenvalue weighted by molar-refractivity contribution is 0.0997. The van der Waals surface area contributed by atoms with E-state index < -0.39 is 0 Å². The van der Waals surface area contributed by atoms with E-state index in [-0.39, 0.29) is 24.7 Å². The second-order valence-corrected chi connectivity index (χ2v) is 10.2. The van der Waals surface area contributed by atoms with E-state index >= 15 is 0 Å². The van der Waals surface area contributed by atoms with Crippen LogP contribution in [-0.4, -0.2) is 122 Å². The van der Waals surface area contributed by atoms with Crippen molar-refractivity contribution in [2.75, 3.05) is 90.1 Å². The third-order valence-electron chi connectivity index (χ3n) is 6.00. The highest BCUT2D eigenvalue weighted by molar-refractivity contribution is 6.31. The number of ether oxygens (including phenoxy) is 2. The van der Waals surface area contributed by atoms with Gasteiger partial charge < -0.3 is 34.5 Å². The number of aliphatic imine (C=N–C) groups is 1. The number of Topliss-reactive ketones (excluding diaryl/α,β-unsaturated/α-hetero) is 1. The van der Waals surface area contributed by atoms with Gasteiger partial charge in [0.25, 0.3) is 0 Å². The van der Waals surface area contributed by atoms with Gasteiger partial charge in [-0.2, -0.15) is 0 Å². The number of anilines is 2. The van der Waals surface area contributed by atoms with Crippen LogP contribution in [-0.2, 0) is 16.5 Å². The smallest absolute Gasteiger partial charge is 0.202 e. The van der Waals surface area contributed by atoms with Gasteiger partial charge in [0.15, 0.2) is 5.82 Å². The third-order valence-corrected chi connectivity index (χ3v) is 6.43. The molecule has 0 aromatic carbocycles. The molecule has 2 aliphatic rings. The maximum absolute atomic E-state index is 12.1. The third kappa shape index (κ3) is 11.2. The van der Waals surface area contributed by atoms with E-state index in [1.165, 1.54) is 7.05 Å². The first-order valence-corrected chi connectivity index (χ1v) is 14.2. The van der Waals surface area contributed by atoms with Crippen molar-refractivity contribution in [1.82, 2.24) is 29.6 Å². The molecule has 16 heteroatoms. The van der Waals surface area contributed by atoms with Gasteiger partial charge in [0.05, 0.1) is 32.8 Å². The van der Waals surface area contributed by atoms with Gasteiger partial charge >= 0.3 is 0 Å². The Labute approximate surface area is 268 Å². The van der Waals surface area contributed by atoms with E-state index in [4.69, 9.17) is 32.7 Å². The topological polar surface area (TPSA) is 140 Å². The minimum Gasteiger partial charge on any atom is -0.378 e. The molecule has 13 nitrogen and oxygen atoms in total. The Morgan fingerprint density at radius 2 is 1.49 bits per heavy atom. The van der Waals surface area contributed by atoms with Crippen LogP contribution in [0.5, 0.6) is 0 Å². The molecule has 0 atom stereocenters. The maximum Gasteiger partial charge on any atom is 0.202 e. The summed E-state index contributed by atoms with van der Waals surface area (Å²) >= 11 is 12.3. The molecule has 5 heterocycles. The lowest BCUT2D eigenvalue weighted by Crippen LogP contribution is -2.37. The molecular weight excluding hydrogens is 619 g/mol. The Morgan fingerprint density at radius 3 is 2.00 bits per heavy atom. The lowest BCUT2D eigenvalue weighted by Gasteiger charge is -2.28. The highest BCUT2D eigenvalue weighted by atomic mass is 35.5. The molecule has 3 aromatic rings. The van der Waals surface area contributed by atoms with Crippen LogP contribution in [0.3, 0.4) is 0 Å². The highest BCUT2D eigenvalue weighted by Gasteiger charge is 2.17. The molecule has 0 unspecified atom stereocenters. The van der Waals surface area contributed by atoms with Crippen molar-refractivity contribution in [1.29, 1.82) is 0 Å². The van der Waals surface area contributed by atoms with Crippen LogP contribution in [0.1, 0.15) is 10.5 Å². The number of morpholine rings is 2. The molecule has 2 N–H and O–H groups in total. The van der Waals surface area contributed by atoms with Crippen LogP contribution in [0.25, 0.3) is 11.5 Å². The molecule has 43 heavy (non-hydrogen) atoms. The number of carbonyl (C=O) groups excluding carboxylic acids is 1. The van der Waals surface area contributed by atoms with Gasteiger partial charge in [0, 0.05) is 57.4 Å². The zero-order valence-corrected chi connectivity index (χ0v) is 27.1. The number of aryl methyl sites for hydroxylation is 1. The second-order valence-electron chi connectivity index (χ2n) is 9.36. The number of pyridine rings is 2. The molecule has 0 saturated carbocycles. The Bertz CT molecular complexity index is 1310. The number of carbonyl (C=O) groups is 1. The lowest BCUT2D eigenvalue weighted by atomic mass is 10.2. The molecule has 2 aliphatic heterocycles. The quantitative estimate of drug-likeness (QED) is 0.228. The van der Waals surface area contributed by atoms with E-state index in [1.807, 2.05) is 31.8 Å². The fourth-order valence-corrected chi connectivity index (χ4v) is 4.42. The number of ketones is 1. The van der Waals surface area contributed by atoms with Crippen LogP contribution in [0.4, 0.5) is 11.6 Å². The summed E-state index contributed by atoms with van der Waals surface area (Å²) < 4.78 is 12.5. The Balaban J connectivity index is 0.000000279. The average Bonchev–Trinajstić information content (AvgIpc) is 3.44. The van der Waals surface area contributed by atoms with Crippen molar-refractivity contribution in [2.24, 2.45) is 17.8 Å². The average molecular weight is 658 g/mol. The monoisotopic (exact) mass is 656 g/mol. The summed E-state index contributed by atoms with van der Waals surface area (Å²) in [4.78, 5) is 31.2.